The van der Waals surface area contributed by atoms with Gasteiger partial charge in [-0.25, -0.2) is 4.79 Å². The summed E-state index contributed by atoms with van der Waals surface area (Å²) in [6.45, 7) is 6.24. The summed E-state index contributed by atoms with van der Waals surface area (Å²) >= 11 is 0. The second kappa shape index (κ2) is 5.02. The molecule has 1 saturated heterocycles. The summed E-state index contributed by atoms with van der Waals surface area (Å²) in [4.78, 5) is 11.0. The predicted molar refractivity (Wildman–Crippen MR) is 54.6 cm³/mol. The van der Waals surface area contributed by atoms with Crippen molar-refractivity contribution in [3.8, 4) is 11.8 Å². The van der Waals surface area contributed by atoms with Crippen molar-refractivity contribution < 1.29 is 9.53 Å². The van der Waals surface area contributed by atoms with Gasteiger partial charge in [-0.15, -0.1) is 0 Å². The zero-order chi connectivity index (χ0) is 10.4. The molecule has 0 radical (unpaired) electrons. The number of hydrogen-bond donors (Lipinski definition) is 1. The van der Waals surface area contributed by atoms with Gasteiger partial charge < -0.3 is 10.1 Å². The van der Waals surface area contributed by atoms with Crippen molar-refractivity contribution in [3.63, 3.8) is 0 Å². The van der Waals surface area contributed by atoms with Crippen LogP contribution >= 0.6 is 0 Å². The Bertz CT molecular complexity index is 256. The standard InChI is InChI=1S/C11H17NO2/c1-3-14-10(13)4-5-11(2)6-8-12-9-7-11/h12H,3,6-9H2,1-2H3. The molecule has 0 bridgehead atoms. The molecule has 1 N–H and O–H groups in total. The highest BCUT2D eigenvalue weighted by atomic mass is 16.5. The summed E-state index contributed by atoms with van der Waals surface area (Å²) in [5, 5.41) is 3.27. The molecule has 0 unspecified atom stereocenters. The number of ether oxygens (including phenoxy) is 1. The Balaban J connectivity index is 2.51. The lowest BCUT2D eigenvalue weighted by Gasteiger charge is -2.28. The molecule has 0 spiro atoms. The van der Waals surface area contributed by atoms with Gasteiger partial charge in [0.1, 0.15) is 0 Å². The number of piperidine rings is 1. The molecule has 0 atom stereocenters. The smallest absolute Gasteiger partial charge is 0.384 e. The molecule has 1 rings (SSSR count). The van der Waals surface area contributed by atoms with E-state index in [1.807, 2.05) is 0 Å². The van der Waals surface area contributed by atoms with Gasteiger partial charge in [-0.2, -0.15) is 0 Å². The Hall–Kier alpha value is -1.01. The van der Waals surface area contributed by atoms with Gasteiger partial charge in [0, 0.05) is 11.3 Å². The van der Waals surface area contributed by atoms with Crippen LogP contribution in [0.3, 0.4) is 0 Å². The Morgan fingerprint density at radius 1 is 1.50 bits per heavy atom. The lowest BCUT2D eigenvalue weighted by molar-refractivity contribution is -0.136. The van der Waals surface area contributed by atoms with Crippen LogP contribution < -0.4 is 5.32 Å². The van der Waals surface area contributed by atoms with Gasteiger partial charge in [-0.05, 0) is 39.8 Å². The fourth-order valence-electron chi connectivity index (χ4n) is 1.47. The molecule has 3 nitrogen and oxygen atoms in total. The minimum atomic E-state index is -0.410. The van der Waals surface area contributed by atoms with Crippen LogP contribution in [0.2, 0.25) is 0 Å². The number of hydrogen-bond acceptors (Lipinski definition) is 3. The van der Waals surface area contributed by atoms with Crippen LogP contribution in [-0.4, -0.2) is 25.7 Å². The van der Waals surface area contributed by atoms with E-state index in [9.17, 15) is 4.79 Å². The number of esters is 1. The van der Waals surface area contributed by atoms with Gasteiger partial charge in [0.2, 0.25) is 0 Å². The Morgan fingerprint density at radius 3 is 2.71 bits per heavy atom. The maximum Gasteiger partial charge on any atom is 0.384 e. The van der Waals surface area contributed by atoms with E-state index in [0.29, 0.717) is 6.61 Å². The highest BCUT2D eigenvalue weighted by molar-refractivity contribution is 5.88. The Morgan fingerprint density at radius 2 is 2.14 bits per heavy atom. The molecule has 1 fully saturated rings. The van der Waals surface area contributed by atoms with Crippen molar-refractivity contribution in [2.75, 3.05) is 19.7 Å². The molecule has 3 heteroatoms. The van der Waals surface area contributed by atoms with Crippen molar-refractivity contribution in [1.82, 2.24) is 5.32 Å². The van der Waals surface area contributed by atoms with Gasteiger partial charge >= 0.3 is 5.97 Å². The third-order valence-corrected chi connectivity index (χ3v) is 2.45. The maximum atomic E-state index is 11.0. The minimum Gasteiger partial charge on any atom is -0.456 e. The van der Waals surface area contributed by atoms with Crippen LogP contribution in [0.25, 0.3) is 0 Å². The van der Waals surface area contributed by atoms with E-state index in [1.165, 1.54) is 0 Å². The van der Waals surface area contributed by atoms with Gasteiger partial charge in [0.25, 0.3) is 0 Å². The summed E-state index contributed by atoms with van der Waals surface area (Å²) in [7, 11) is 0. The fourth-order valence-corrected chi connectivity index (χ4v) is 1.47. The molecule has 78 valence electrons. The summed E-state index contributed by atoms with van der Waals surface area (Å²) in [6, 6.07) is 0. The topological polar surface area (TPSA) is 38.3 Å². The first kappa shape index (κ1) is 11.1. The number of carbonyl (C=O) groups excluding carboxylic acids is 1. The van der Waals surface area contributed by atoms with E-state index >= 15 is 0 Å². The summed E-state index contributed by atoms with van der Waals surface area (Å²) in [5.74, 6) is 5.16. The molecule has 0 aliphatic carbocycles. The first-order valence-corrected chi connectivity index (χ1v) is 5.07. The van der Waals surface area contributed by atoms with Gasteiger partial charge in [0.15, 0.2) is 0 Å². The SMILES string of the molecule is CCOC(=O)C#CC1(C)CCNCC1. The molecule has 0 saturated carbocycles. The number of nitrogens with one attached hydrogen (secondary N) is 1. The zero-order valence-corrected chi connectivity index (χ0v) is 8.85. The lowest BCUT2D eigenvalue weighted by Crippen LogP contribution is -2.33. The van der Waals surface area contributed by atoms with Crippen LogP contribution in [0.1, 0.15) is 26.7 Å². The third kappa shape index (κ3) is 3.39. The van der Waals surface area contributed by atoms with Gasteiger partial charge in [-0.1, -0.05) is 5.92 Å². The second-order valence-electron chi connectivity index (χ2n) is 3.78. The quantitative estimate of drug-likeness (QED) is 0.384. The van der Waals surface area contributed by atoms with Crippen LogP contribution in [0.5, 0.6) is 0 Å². The monoisotopic (exact) mass is 195 g/mol. The van der Waals surface area contributed by atoms with E-state index in [4.69, 9.17) is 4.74 Å². The van der Waals surface area contributed by atoms with Crippen molar-refractivity contribution >= 4 is 5.97 Å². The summed E-state index contributed by atoms with van der Waals surface area (Å²) in [5.41, 5.74) is -0.0159. The van der Waals surface area contributed by atoms with Gasteiger partial charge in [0.05, 0.1) is 6.61 Å². The van der Waals surface area contributed by atoms with E-state index in [2.05, 4.69) is 24.1 Å². The van der Waals surface area contributed by atoms with Gasteiger partial charge in [-0.3, -0.25) is 0 Å². The minimum absolute atomic E-state index is 0.0159. The Kier molecular flexibility index (Phi) is 3.97. The van der Waals surface area contributed by atoms with Crippen LogP contribution in [0.4, 0.5) is 0 Å². The number of rotatable bonds is 1. The van der Waals surface area contributed by atoms with Crippen LogP contribution in [0.15, 0.2) is 0 Å². The lowest BCUT2D eigenvalue weighted by atomic mass is 9.82. The average molecular weight is 195 g/mol. The molecule has 0 aromatic carbocycles. The molecule has 0 amide bonds. The summed E-state index contributed by atoms with van der Waals surface area (Å²) < 4.78 is 4.75. The molecule has 0 aromatic rings. The molecule has 1 aliphatic rings. The van der Waals surface area contributed by atoms with Crippen molar-refractivity contribution in [2.45, 2.75) is 26.7 Å². The third-order valence-electron chi connectivity index (χ3n) is 2.45. The first-order chi connectivity index (χ1) is 6.66. The normalized spacial score (nSPS) is 19.3. The highest BCUT2D eigenvalue weighted by Gasteiger charge is 2.24. The summed E-state index contributed by atoms with van der Waals surface area (Å²) in [6.07, 6.45) is 2.00. The average Bonchev–Trinajstić information content (AvgIpc) is 2.17. The molecule has 14 heavy (non-hydrogen) atoms. The zero-order valence-electron chi connectivity index (χ0n) is 8.85. The highest BCUT2D eigenvalue weighted by Crippen LogP contribution is 2.26. The Labute approximate surface area is 85.2 Å². The molecule has 1 aliphatic heterocycles. The van der Waals surface area contributed by atoms with Crippen LogP contribution in [-0.2, 0) is 9.53 Å². The van der Waals surface area contributed by atoms with E-state index in [0.717, 1.165) is 25.9 Å². The molecule has 0 aromatic heterocycles. The largest absolute Gasteiger partial charge is 0.456 e. The maximum absolute atomic E-state index is 11.0. The van der Waals surface area contributed by atoms with E-state index in [1.54, 1.807) is 6.92 Å². The fraction of sp³-hybridized carbons (Fsp3) is 0.727. The van der Waals surface area contributed by atoms with Crippen molar-refractivity contribution in [3.05, 3.63) is 0 Å². The molecule has 1 heterocycles. The molecular formula is C11H17NO2. The predicted octanol–water partition coefficient (Wildman–Crippen LogP) is 0.943. The van der Waals surface area contributed by atoms with E-state index < -0.39 is 5.97 Å². The van der Waals surface area contributed by atoms with Crippen molar-refractivity contribution in [1.29, 1.82) is 0 Å². The number of carbonyl (C=O) groups is 1. The first-order valence-electron chi connectivity index (χ1n) is 5.07. The van der Waals surface area contributed by atoms with E-state index in [-0.39, 0.29) is 5.41 Å². The molecular weight excluding hydrogens is 178 g/mol. The second-order valence-corrected chi connectivity index (χ2v) is 3.78. The van der Waals surface area contributed by atoms with Crippen molar-refractivity contribution in [2.24, 2.45) is 5.41 Å². The van der Waals surface area contributed by atoms with Crippen LogP contribution in [0, 0.1) is 17.3 Å².